The van der Waals surface area contributed by atoms with Gasteiger partial charge in [-0.1, -0.05) is 0 Å². The fourth-order valence-corrected chi connectivity index (χ4v) is 0.378. The van der Waals surface area contributed by atoms with Crippen LogP contribution in [-0.4, -0.2) is 24.6 Å². The summed E-state index contributed by atoms with van der Waals surface area (Å²) in [6.07, 6.45) is -5.60. The number of nitrogens with one attached hydrogen (secondary N) is 1. The summed E-state index contributed by atoms with van der Waals surface area (Å²) in [7, 11) is 0. The van der Waals surface area contributed by atoms with Gasteiger partial charge in [0.25, 0.3) is 0 Å². The summed E-state index contributed by atoms with van der Waals surface area (Å²) < 4.78 is 34.2. The van der Waals surface area contributed by atoms with Crippen molar-refractivity contribution >= 4 is 11.9 Å². The van der Waals surface area contributed by atoms with Crippen molar-refractivity contribution in [2.45, 2.75) is 12.6 Å². The SMILES string of the molecule is O=C([O-])CCNC(=O)C(F)(F)F. The van der Waals surface area contributed by atoms with E-state index in [2.05, 4.69) is 0 Å². The van der Waals surface area contributed by atoms with Gasteiger partial charge in [0.2, 0.25) is 0 Å². The molecule has 0 atom stereocenters. The maximum absolute atomic E-state index is 11.4. The van der Waals surface area contributed by atoms with Crippen LogP contribution in [0, 0.1) is 0 Å². The average Bonchev–Trinajstić information content (AvgIpc) is 1.84. The van der Waals surface area contributed by atoms with Gasteiger partial charge in [-0.3, -0.25) is 4.79 Å². The van der Waals surface area contributed by atoms with Gasteiger partial charge in [-0.25, -0.2) is 0 Å². The molecular formula is C5H5F3NO3-. The zero-order chi connectivity index (χ0) is 9.78. The molecule has 0 aliphatic carbocycles. The normalized spacial score (nSPS) is 10.9. The number of amides is 1. The molecule has 12 heavy (non-hydrogen) atoms. The quantitative estimate of drug-likeness (QED) is 0.599. The Morgan fingerprint density at radius 1 is 1.33 bits per heavy atom. The smallest absolute Gasteiger partial charge is 0.471 e. The lowest BCUT2D eigenvalue weighted by molar-refractivity contribution is -0.305. The van der Waals surface area contributed by atoms with Crippen LogP contribution < -0.4 is 10.4 Å². The molecule has 0 rings (SSSR count). The molecule has 0 aromatic rings. The number of hydrogen-bond acceptors (Lipinski definition) is 3. The van der Waals surface area contributed by atoms with E-state index in [1.165, 1.54) is 5.32 Å². The predicted octanol–water partition coefficient (Wildman–Crippen LogP) is -1.20. The summed E-state index contributed by atoms with van der Waals surface area (Å²) >= 11 is 0. The lowest BCUT2D eigenvalue weighted by atomic mass is 10.4. The van der Waals surface area contributed by atoms with Gasteiger partial charge in [-0.2, -0.15) is 13.2 Å². The second kappa shape index (κ2) is 3.93. The molecule has 4 nitrogen and oxygen atoms in total. The molecule has 0 bridgehead atoms. The van der Waals surface area contributed by atoms with Crippen LogP contribution in [0.3, 0.4) is 0 Å². The minimum atomic E-state index is -4.97. The first-order chi connectivity index (χ1) is 5.34. The molecule has 0 saturated heterocycles. The molecule has 1 N–H and O–H groups in total. The summed E-state index contributed by atoms with van der Waals surface area (Å²) in [5.41, 5.74) is 0. The van der Waals surface area contributed by atoms with E-state index in [4.69, 9.17) is 0 Å². The van der Waals surface area contributed by atoms with Crippen LogP contribution in [0.15, 0.2) is 0 Å². The van der Waals surface area contributed by atoms with Crippen molar-refractivity contribution in [1.29, 1.82) is 0 Å². The molecule has 0 fully saturated rings. The molecule has 0 aliphatic rings. The Hall–Kier alpha value is -1.27. The Bertz CT molecular complexity index is 189. The number of carboxylic acids is 1. The van der Waals surface area contributed by atoms with Crippen LogP contribution in [0.5, 0.6) is 0 Å². The van der Waals surface area contributed by atoms with E-state index in [-0.39, 0.29) is 0 Å². The van der Waals surface area contributed by atoms with E-state index in [1.807, 2.05) is 0 Å². The van der Waals surface area contributed by atoms with Crippen molar-refractivity contribution < 1.29 is 27.9 Å². The minimum Gasteiger partial charge on any atom is -0.550 e. The van der Waals surface area contributed by atoms with Gasteiger partial charge in [0, 0.05) is 18.9 Å². The Labute approximate surface area is 65.4 Å². The minimum absolute atomic E-state index is 0.583. The first-order valence-electron chi connectivity index (χ1n) is 2.89. The number of carbonyl (C=O) groups is 2. The second-order valence-electron chi connectivity index (χ2n) is 1.88. The molecule has 1 amide bonds. The fraction of sp³-hybridized carbons (Fsp3) is 0.600. The second-order valence-corrected chi connectivity index (χ2v) is 1.88. The lowest BCUT2D eigenvalue weighted by Gasteiger charge is -2.07. The number of alkyl halides is 3. The number of hydrogen-bond donors (Lipinski definition) is 1. The van der Waals surface area contributed by atoms with Gasteiger partial charge in [0.15, 0.2) is 0 Å². The van der Waals surface area contributed by atoms with Crippen molar-refractivity contribution in [1.82, 2.24) is 5.32 Å². The van der Waals surface area contributed by atoms with Crippen molar-refractivity contribution in [3.8, 4) is 0 Å². The maximum atomic E-state index is 11.4. The number of aliphatic carboxylic acids is 1. The highest BCUT2D eigenvalue weighted by molar-refractivity contribution is 5.81. The molecule has 0 spiro atoms. The van der Waals surface area contributed by atoms with Gasteiger partial charge in [-0.05, 0) is 0 Å². The first-order valence-corrected chi connectivity index (χ1v) is 2.89. The monoisotopic (exact) mass is 184 g/mol. The van der Waals surface area contributed by atoms with Gasteiger partial charge in [0.1, 0.15) is 0 Å². The molecule has 0 aromatic heterocycles. The van der Waals surface area contributed by atoms with E-state index < -0.39 is 31.0 Å². The van der Waals surface area contributed by atoms with Crippen molar-refractivity contribution in [3.63, 3.8) is 0 Å². The van der Waals surface area contributed by atoms with Crippen molar-refractivity contribution in [2.24, 2.45) is 0 Å². The number of carbonyl (C=O) groups excluding carboxylic acids is 2. The third kappa shape index (κ3) is 4.53. The largest absolute Gasteiger partial charge is 0.550 e. The fourth-order valence-electron chi connectivity index (χ4n) is 0.378. The third-order valence-corrected chi connectivity index (χ3v) is 0.872. The van der Waals surface area contributed by atoms with Crippen LogP contribution in [0.25, 0.3) is 0 Å². The Kier molecular flexibility index (Phi) is 3.52. The van der Waals surface area contributed by atoms with Crippen LogP contribution in [0.1, 0.15) is 6.42 Å². The van der Waals surface area contributed by atoms with E-state index >= 15 is 0 Å². The van der Waals surface area contributed by atoms with E-state index in [1.54, 1.807) is 0 Å². The number of halogens is 3. The Morgan fingerprint density at radius 2 is 1.83 bits per heavy atom. The van der Waals surface area contributed by atoms with Gasteiger partial charge in [-0.15, -0.1) is 0 Å². The average molecular weight is 184 g/mol. The molecule has 0 saturated carbocycles. The summed E-state index contributed by atoms with van der Waals surface area (Å²) in [6, 6.07) is 0. The highest BCUT2D eigenvalue weighted by atomic mass is 19.4. The Balaban J connectivity index is 3.66. The topological polar surface area (TPSA) is 69.2 Å². The maximum Gasteiger partial charge on any atom is 0.471 e. The van der Waals surface area contributed by atoms with Gasteiger partial charge >= 0.3 is 12.1 Å². The van der Waals surface area contributed by atoms with Crippen LogP contribution >= 0.6 is 0 Å². The Morgan fingerprint density at radius 3 is 2.17 bits per heavy atom. The zero-order valence-electron chi connectivity index (χ0n) is 5.77. The van der Waals surface area contributed by atoms with Crippen LogP contribution in [0.2, 0.25) is 0 Å². The third-order valence-electron chi connectivity index (χ3n) is 0.872. The van der Waals surface area contributed by atoms with Crippen LogP contribution in [-0.2, 0) is 9.59 Å². The molecule has 0 aromatic carbocycles. The van der Waals surface area contributed by atoms with Gasteiger partial charge < -0.3 is 15.2 Å². The molecular weight excluding hydrogens is 179 g/mol. The first kappa shape index (κ1) is 10.7. The summed E-state index contributed by atoms with van der Waals surface area (Å²) in [6.45, 7) is -0.583. The molecule has 0 aliphatic heterocycles. The summed E-state index contributed by atoms with van der Waals surface area (Å²) in [4.78, 5) is 19.7. The van der Waals surface area contributed by atoms with Crippen LogP contribution in [0.4, 0.5) is 13.2 Å². The molecule has 0 radical (unpaired) electrons. The standard InChI is InChI=1S/C5H6F3NO3/c6-5(7,8)4(12)9-2-1-3(10)11/h1-2H2,(H,9,12)(H,10,11)/p-1. The molecule has 7 heteroatoms. The van der Waals surface area contributed by atoms with E-state index in [0.29, 0.717) is 0 Å². The van der Waals surface area contributed by atoms with Crippen molar-refractivity contribution in [3.05, 3.63) is 0 Å². The van der Waals surface area contributed by atoms with E-state index in [9.17, 15) is 27.9 Å². The number of rotatable bonds is 3. The summed E-state index contributed by atoms with van der Waals surface area (Å²) in [5, 5.41) is 11.1. The van der Waals surface area contributed by atoms with E-state index in [0.717, 1.165) is 0 Å². The molecule has 0 unspecified atom stereocenters. The highest BCUT2D eigenvalue weighted by Crippen LogP contribution is 2.13. The van der Waals surface area contributed by atoms with Crippen molar-refractivity contribution in [2.75, 3.05) is 6.54 Å². The lowest BCUT2D eigenvalue weighted by Crippen LogP contribution is -2.39. The highest BCUT2D eigenvalue weighted by Gasteiger charge is 2.38. The van der Waals surface area contributed by atoms with Gasteiger partial charge in [0.05, 0.1) is 0 Å². The number of carboxylic acid groups (broad SMARTS) is 1. The predicted molar refractivity (Wildman–Crippen MR) is 28.7 cm³/mol. The molecule has 70 valence electrons. The zero-order valence-corrected chi connectivity index (χ0v) is 5.77. The summed E-state index contributed by atoms with van der Waals surface area (Å²) in [5.74, 6) is -3.67. The molecule has 0 heterocycles.